The van der Waals surface area contributed by atoms with Gasteiger partial charge in [0.15, 0.2) is 12.1 Å². The largest absolute Gasteiger partial charge is 0.506 e. The Morgan fingerprint density at radius 3 is 2.61 bits per heavy atom. The van der Waals surface area contributed by atoms with E-state index in [1.807, 2.05) is 35.0 Å². The molecule has 1 saturated heterocycles. The summed E-state index contributed by atoms with van der Waals surface area (Å²) in [5.74, 6) is 0.522. The molecule has 1 aliphatic carbocycles. The Morgan fingerprint density at radius 2 is 1.81 bits per heavy atom. The van der Waals surface area contributed by atoms with Crippen LogP contribution in [-0.4, -0.2) is 46.3 Å². The molecule has 31 heavy (non-hydrogen) atoms. The molecule has 1 spiro atoms. The lowest BCUT2D eigenvalue weighted by Crippen LogP contribution is -2.44. The summed E-state index contributed by atoms with van der Waals surface area (Å²) in [5, 5.41) is 11.1. The summed E-state index contributed by atoms with van der Waals surface area (Å²) in [5.41, 5.74) is 3.63. The maximum atomic E-state index is 12.7. The van der Waals surface area contributed by atoms with Gasteiger partial charge in [-0.1, -0.05) is 36.4 Å². The van der Waals surface area contributed by atoms with E-state index in [1.54, 1.807) is 12.1 Å². The number of hydrogen-bond acceptors (Lipinski definition) is 4. The molecule has 2 aliphatic rings. The lowest BCUT2D eigenvalue weighted by molar-refractivity contribution is 0.0672. The van der Waals surface area contributed by atoms with E-state index in [-0.39, 0.29) is 11.2 Å². The van der Waals surface area contributed by atoms with Gasteiger partial charge in [-0.2, -0.15) is 0 Å². The third-order valence-corrected chi connectivity index (χ3v) is 7.24. The molecule has 0 bridgehead atoms. The maximum Gasteiger partial charge on any atom is 0.163 e. The van der Waals surface area contributed by atoms with Gasteiger partial charge in [-0.05, 0) is 62.4 Å². The number of aldehydes is 1. The molecule has 0 unspecified atom stereocenters. The van der Waals surface area contributed by atoms with Gasteiger partial charge in [-0.15, -0.1) is 0 Å². The Labute approximate surface area is 182 Å². The molecular formula is C26H28N2O3. The van der Waals surface area contributed by atoms with Crippen LogP contribution in [0.25, 0.3) is 10.9 Å². The molecule has 5 nitrogen and oxygen atoms in total. The van der Waals surface area contributed by atoms with Gasteiger partial charge in [0, 0.05) is 35.7 Å². The fourth-order valence-electron chi connectivity index (χ4n) is 5.56. The van der Waals surface area contributed by atoms with Crippen LogP contribution < -0.4 is 0 Å². The monoisotopic (exact) mass is 416 g/mol. The lowest BCUT2D eigenvalue weighted by atomic mass is 9.66. The van der Waals surface area contributed by atoms with E-state index >= 15 is 0 Å². The molecule has 1 N–H and O–H groups in total. The highest BCUT2D eigenvalue weighted by atomic mass is 16.3. The van der Waals surface area contributed by atoms with Gasteiger partial charge in [0.2, 0.25) is 0 Å². The number of likely N-dealkylation sites (tertiary alicyclic amines) is 1. The minimum absolute atomic E-state index is 0.128. The van der Waals surface area contributed by atoms with Crippen LogP contribution in [0.15, 0.2) is 48.7 Å². The van der Waals surface area contributed by atoms with Gasteiger partial charge in [0.25, 0.3) is 0 Å². The average molecular weight is 417 g/mol. The first kappa shape index (κ1) is 20.0. The van der Waals surface area contributed by atoms with Gasteiger partial charge in [0.1, 0.15) is 5.75 Å². The number of ketones is 1. The molecule has 5 rings (SSSR count). The van der Waals surface area contributed by atoms with E-state index in [1.165, 1.54) is 5.56 Å². The number of fused-ring (bicyclic) bond motifs is 2. The highest BCUT2D eigenvalue weighted by molar-refractivity contribution is 6.00. The number of piperidine rings is 1. The first-order valence-corrected chi connectivity index (χ1v) is 11.2. The smallest absolute Gasteiger partial charge is 0.163 e. The molecule has 5 heteroatoms. The number of aromatic hydroxyl groups is 1. The highest BCUT2D eigenvalue weighted by Crippen LogP contribution is 2.43. The molecule has 0 saturated carbocycles. The topological polar surface area (TPSA) is 62.5 Å². The molecule has 1 aromatic heterocycles. The standard InChI is InChI=1S/C26H28N2O3/c29-18-20-17-28(25-22(20)7-3-8-23(25)30)12-4-11-27-13-9-26(10-14-27)15-19-5-1-2-6-21(19)24(31)16-26/h1-3,5-8,17-18,30H,4,9-16H2. The highest BCUT2D eigenvalue weighted by Gasteiger charge is 2.40. The quantitative estimate of drug-likeness (QED) is 0.624. The molecule has 0 amide bonds. The second kappa shape index (κ2) is 7.97. The number of carbonyl (C=O) groups is 2. The van der Waals surface area contributed by atoms with Crippen LogP contribution in [0.1, 0.15) is 52.0 Å². The van der Waals surface area contributed by atoms with E-state index in [0.29, 0.717) is 17.8 Å². The number of aryl methyl sites for hydroxylation is 1. The zero-order valence-electron chi connectivity index (χ0n) is 17.7. The predicted molar refractivity (Wildman–Crippen MR) is 121 cm³/mol. The number of aromatic nitrogens is 1. The van der Waals surface area contributed by atoms with Crippen LogP contribution in [0, 0.1) is 5.41 Å². The third kappa shape index (κ3) is 3.68. The van der Waals surface area contributed by atoms with Gasteiger partial charge in [0.05, 0.1) is 5.52 Å². The summed E-state index contributed by atoms with van der Waals surface area (Å²) >= 11 is 0. The SMILES string of the molecule is O=Cc1cn(CCCN2CCC3(CC2)CC(=O)c2ccccc2C3)c2c(O)cccc12. The van der Waals surface area contributed by atoms with Crippen LogP contribution in [0.4, 0.5) is 0 Å². The predicted octanol–water partition coefficient (Wildman–Crippen LogP) is 4.46. The first-order valence-electron chi connectivity index (χ1n) is 11.2. The minimum Gasteiger partial charge on any atom is -0.506 e. The van der Waals surface area contributed by atoms with Gasteiger partial charge >= 0.3 is 0 Å². The number of rotatable bonds is 5. The number of para-hydroxylation sites is 1. The van der Waals surface area contributed by atoms with Crippen LogP contribution in [0.2, 0.25) is 0 Å². The summed E-state index contributed by atoms with van der Waals surface area (Å²) in [6.07, 6.45) is 7.48. The van der Waals surface area contributed by atoms with Crippen LogP contribution in [0.5, 0.6) is 5.75 Å². The molecule has 2 aromatic carbocycles. The van der Waals surface area contributed by atoms with Crippen molar-refractivity contribution in [2.24, 2.45) is 5.41 Å². The molecule has 2 heterocycles. The van der Waals surface area contributed by atoms with Crippen molar-refractivity contribution < 1.29 is 14.7 Å². The zero-order valence-corrected chi connectivity index (χ0v) is 17.7. The molecule has 0 radical (unpaired) electrons. The number of phenols is 1. The van der Waals surface area contributed by atoms with E-state index in [2.05, 4.69) is 11.0 Å². The molecule has 0 atom stereocenters. The van der Waals surface area contributed by atoms with Crippen molar-refractivity contribution >= 4 is 23.0 Å². The summed E-state index contributed by atoms with van der Waals surface area (Å²) in [4.78, 5) is 26.5. The number of nitrogens with zero attached hydrogens (tertiary/aromatic N) is 2. The lowest BCUT2D eigenvalue weighted by Gasteiger charge is -2.44. The molecular weight excluding hydrogens is 388 g/mol. The second-order valence-electron chi connectivity index (χ2n) is 9.20. The molecule has 3 aromatic rings. The Morgan fingerprint density at radius 1 is 1.00 bits per heavy atom. The third-order valence-electron chi connectivity index (χ3n) is 7.24. The van der Waals surface area contributed by atoms with E-state index < -0.39 is 0 Å². The van der Waals surface area contributed by atoms with Gasteiger partial charge in [-0.3, -0.25) is 9.59 Å². The Hall–Kier alpha value is -2.92. The van der Waals surface area contributed by atoms with Crippen LogP contribution >= 0.6 is 0 Å². The Kier molecular flexibility index (Phi) is 5.14. The van der Waals surface area contributed by atoms with Crippen molar-refractivity contribution in [1.82, 2.24) is 9.47 Å². The number of hydrogen-bond donors (Lipinski definition) is 1. The van der Waals surface area contributed by atoms with Crippen molar-refractivity contribution in [3.05, 3.63) is 65.4 Å². The molecule has 1 aliphatic heterocycles. The number of Topliss-reactive ketones (excluding diaryl/α,β-unsaturated/α-hetero) is 1. The summed E-state index contributed by atoms with van der Waals surface area (Å²) in [6, 6.07) is 13.4. The van der Waals surface area contributed by atoms with Crippen LogP contribution in [-0.2, 0) is 13.0 Å². The average Bonchev–Trinajstić information content (AvgIpc) is 3.14. The van der Waals surface area contributed by atoms with E-state index in [4.69, 9.17) is 0 Å². The van der Waals surface area contributed by atoms with E-state index in [0.717, 1.165) is 74.6 Å². The number of phenolic OH excluding ortho intramolecular Hbond substituents is 1. The summed E-state index contributed by atoms with van der Waals surface area (Å²) in [7, 11) is 0. The van der Waals surface area contributed by atoms with Crippen LogP contribution in [0.3, 0.4) is 0 Å². The normalized spacial score (nSPS) is 18.4. The molecule has 160 valence electrons. The van der Waals surface area contributed by atoms with Gasteiger partial charge < -0.3 is 14.6 Å². The van der Waals surface area contributed by atoms with Crippen molar-refractivity contribution in [2.45, 2.75) is 38.6 Å². The zero-order chi connectivity index (χ0) is 21.4. The molecule has 1 fully saturated rings. The first-order chi connectivity index (χ1) is 15.1. The number of carbonyl (C=O) groups excluding carboxylic acids is 2. The summed E-state index contributed by atoms with van der Waals surface area (Å²) < 4.78 is 2.00. The second-order valence-corrected chi connectivity index (χ2v) is 9.20. The fraction of sp³-hybridized carbons (Fsp3) is 0.385. The fourth-order valence-corrected chi connectivity index (χ4v) is 5.56. The minimum atomic E-state index is 0.128. The van der Waals surface area contributed by atoms with Crippen molar-refractivity contribution in [2.75, 3.05) is 19.6 Å². The Bertz CT molecular complexity index is 1140. The summed E-state index contributed by atoms with van der Waals surface area (Å²) in [6.45, 7) is 3.78. The number of benzene rings is 2. The Balaban J connectivity index is 1.20. The van der Waals surface area contributed by atoms with E-state index in [9.17, 15) is 14.7 Å². The van der Waals surface area contributed by atoms with Crippen molar-refractivity contribution in [3.63, 3.8) is 0 Å². The maximum absolute atomic E-state index is 12.7. The van der Waals surface area contributed by atoms with Crippen molar-refractivity contribution in [3.8, 4) is 5.75 Å². The van der Waals surface area contributed by atoms with Crippen molar-refractivity contribution in [1.29, 1.82) is 0 Å². The van der Waals surface area contributed by atoms with Gasteiger partial charge in [-0.25, -0.2) is 0 Å².